The van der Waals surface area contributed by atoms with Crippen LogP contribution in [0.1, 0.15) is 60.1 Å². The lowest BCUT2D eigenvalue weighted by atomic mass is 10.0. The molecule has 116 valence electrons. The summed E-state index contributed by atoms with van der Waals surface area (Å²) >= 11 is 0. The molecule has 0 aliphatic carbocycles. The summed E-state index contributed by atoms with van der Waals surface area (Å²) in [4.78, 5) is 15.2. The molecule has 1 aromatic heterocycles. The van der Waals surface area contributed by atoms with Crippen molar-refractivity contribution >= 4 is 6.29 Å². The number of hydrogen-bond acceptors (Lipinski definition) is 2. The molecular weight excluding hydrogens is 270 g/mol. The Hall–Kier alpha value is -1.96. The lowest BCUT2D eigenvalue weighted by molar-refractivity contribution is 0.112. The van der Waals surface area contributed by atoms with Crippen LogP contribution in [0.2, 0.25) is 0 Å². The fourth-order valence-electron chi connectivity index (χ4n) is 2.74. The zero-order valence-corrected chi connectivity index (χ0v) is 13.2. The Bertz CT molecular complexity index is 551. The van der Waals surface area contributed by atoms with Crippen LogP contribution in [0.4, 0.5) is 0 Å². The average Bonchev–Trinajstić information content (AvgIpc) is 2.58. The Balaban J connectivity index is 1.52. The van der Waals surface area contributed by atoms with Gasteiger partial charge in [-0.1, -0.05) is 56.0 Å². The second-order valence-corrected chi connectivity index (χ2v) is 5.76. The molecule has 2 heteroatoms. The highest BCUT2D eigenvalue weighted by Gasteiger charge is 2.01. The van der Waals surface area contributed by atoms with Crippen molar-refractivity contribution in [1.82, 2.24) is 4.98 Å². The minimum Gasteiger partial charge on any atom is -0.298 e. The van der Waals surface area contributed by atoms with Crippen molar-refractivity contribution in [3.63, 3.8) is 0 Å². The zero-order chi connectivity index (χ0) is 15.5. The number of carbonyl (C=O) groups excluding carboxylic acids is 1. The Kier molecular flexibility index (Phi) is 7.37. The molecule has 0 amide bonds. The highest BCUT2D eigenvalue weighted by molar-refractivity contribution is 5.76. The van der Waals surface area contributed by atoms with Gasteiger partial charge in [-0.2, -0.15) is 0 Å². The van der Waals surface area contributed by atoms with Crippen LogP contribution in [-0.2, 0) is 12.8 Å². The molecule has 0 bridgehead atoms. The van der Waals surface area contributed by atoms with E-state index in [2.05, 4.69) is 35.3 Å². The number of unbranched alkanes of at least 4 members (excludes halogenated alkanes) is 5. The molecule has 0 unspecified atom stereocenters. The van der Waals surface area contributed by atoms with Crippen LogP contribution in [0, 0.1) is 0 Å². The highest BCUT2D eigenvalue weighted by atomic mass is 16.1. The summed E-state index contributed by atoms with van der Waals surface area (Å²) < 4.78 is 0. The number of nitrogens with zero attached hydrogens (tertiary/aromatic N) is 1. The van der Waals surface area contributed by atoms with Gasteiger partial charge in [0.2, 0.25) is 0 Å². The molecule has 0 fully saturated rings. The second kappa shape index (κ2) is 9.88. The lowest BCUT2D eigenvalue weighted by Gasteiger charge is -2.04. The number of rotatable bonds is 10. The topological polar surface area (TPSA) is 30.0 Å². The van der Waals surface area contributed by atoms with E-state index in [0.29, 0.717) is 0 Å². The quantitative estimate of drug-likeness (QED) is 0.455. The van der Waals surface area contributed by atoms with Crippen molar-refractivity contribution in [3.05, 3.63) is 65.5 Å². The van der Waals surface area contributed by atoms with Crippen molar-refractivity contribution in [2.75, 3.05) is 0 Å². The molecule has 0 aliphatic heterocycles. The number of carbonyl (C=O) groups is 1. The number of benzene rings is 1. The fourth-order valence-corrected chi connectivity index (χ4v) is 2.74. The van der Waals surface area contributed by atoms with Gasteiger partial charge in [0.1, 0.15) is 0 Å². The van der Waals surface area contributed by atoms with Crippen LogP contribution in [0.25, 0.3) is 0 Å². The minimum absolute atomic E-state index is 0.741. The molecule has 0 N–H and O–H groups in total. The molecular formula is C20H25NO. The SMILES string of the molecule is O=Cc1cccnc1CCCCCCCCc1ccccc1. The molecule has 2 nitrogen and oxygen atoms in total. The molecule has 0 aliphatic rings. The molecule has 0 spiro atoms. The van der Waals surface area contributed by atoms with Gasteiger partial charge in [0.25, 0.3) is 0 Å². The summed E-state index contributed by atoms with van der Waals surface area (Å²) in [7, 11) is 0. The zero-order valence-electron chi connectivity index (χ0n) is 13.2. The van der Waals surface area contributed by atoms with Gasteiger partial charge in [0.15, 0.2) is 6.29 Å². The predicted molar refractivity (Wildman–Crippen MR) is 91.2 cm³/mol. The first-order chi connectivity index (χ1) is 10.9. The van der Waals surface area contributed by atoms with E-state index >= 15 is 0 Å². The third-order valence-corrected chi connectivity index (χ3v) is 4.02. The van der Waals surface area contributed by atoms with E-state index in [4.69, 9.17) is 0 Å². The summed E-state index contributed by atoms with van der Waals surface area (Å²) in [5, 5.41) is 0. The van der Waals surface area contributed by atoms with Gasteiger partial charge in [-0.25, -0.2) is 0 Å². The lowest BCUT2D eigenvalue weighted by Crippen LogP contribution is -1.96. The van der Waals surface area contributed by atoms with Gasteiger partial charge in [-0.15, -0.1) is 0 Å². The Morgan fingerprint density at radius 2 is 1.45 bits per heavy atom. The molecule has 1 heterocycles. The van der Waals surface area contributed by atoms with Gasteiger partial charge in [0, 0.05) is 11.8 Å². The number of pyridine rings is 1. The van der Waals surface area contributed by atoms with Crippen molar-refractivity contribution in [1.29, 1.82) is 0 Å². The van der Waals surface area contributed by atoms with E-state index in [1.54, 1.807) is 6.20 Å². The van der Waals surface area contributed by atoms with Gasteiger partial charge < -0.3 is 0 Å². The van der Waals surface area contributed by atoms with Crippen LogP contribution in [0.15, 0.2) is 48.7 Å². The molecule has 0 radical (unpaired) electrons. The summed E-state index contributed by atoms with van der Waals surface area (Å²) in [6, 6.07) is 14.4. The molecule has 2 aromatic rings. The van der Waals surface area contributed by atoms with Crippen LogP contribution >= 0.6 is 0 Å². The van der Waals surface area contributed by atoms with E-state index in [1.807, 2.05) is 12.1 Å². The highest BCUT2D eigenvalue weighted by Crippen LogP contribution is 2.12. The first-order valence-electron chi connectivity index (χ1n) is 8.33. The molecule has 2 rings (SSSR count). The third kappa shape index (κ3) is 5.80. The van der Waals surface area contributed by atoms with Crippen LogP contribution in [0.5, 0.6) is 0 Å². The number of aryl methyl sites for hydroxylation is 2. The first kappa shape index (κ1) is 16.4. The van der Waals surface area contributed by atoms with Crippen molar-refractivity contribution in [3.8, 4) is 0 Å². The van der Waals surface area contributed by atoms with Crippen molar-refractivity contribution in [2.45, 2.75) is 51.4 Å². The van der Waals surface area contributed by atoms with E-state index in [1.165, 1.54) is 44.1 Å². The smallest absolute Gasteiger partial charge is 0.151 e. The molecule has 0 atom stereocenters. The molecule has 1 aromatic carbocycles. The molecule has 0 saturated heterocycles. The van der Waals surface area contributed by atoms with E-state index in [9.17, 15) is 4.79 Å². The Labute approximate surface area is 133 Å². The fraction of sp³-hybridized carbons (Fsp3) is 0.400. The average molecular weight is 295 g/mol. The van der Waals surface area contributed by atoms with Crippen LogP contribution in [0.3, 0.4) is 0 Å². The maximum Gasteiger partial charge on any atom is 0.151 e. The maximum atomic E-state index is 10.9. The summed E-state index contributed by atoms with van der Waals surface area (Å²) in [6.45, 7) is 0. The number of hydrogen-bond donors (Lipinski definition) is 0. The monoisotopic (exact) mass is 295 g/mol. The van der Waals surface area contributed by atoms with E-state index in [0.717, 1.165) is 30.4 Å². The standard InChI is InChI=1S/C20H25NO/c22-17-19-14-10-16-21-20(19)15-9-4-2-1-3-6-11-18-12-7-5-8-13-18/h5,7-8,10,12-14,16-17H,1-4,6,9,11,15H2. The van der Waals surface area contributed by atoms with Crippen molar-refractivity contribution < 1.29 is 4.79 Å². The first-order valence-corrected chi connectivity index (χ1v) is 8.33. The predicted octanol–water partition coefficient (Wildman–Crippen LogP) is 5.02. The maximum absolute atomic E-state index is 10.9. The third-order valence-electron chi connectivity index (χ3n) is 4.02. The van der Waals surface area contributed by atoms with Crippen molar-refractivity contribution in [2.24, 2.45) is 0 Å². The van der Waals surface area contributed by atoms with E-state index < -0.39 is 0 Å². The Morgan fingerprint density at radius 3 is 2.18 bits per heavy atom. The normalized spacial score (nSPS) is 10.5. The number of aldehydes is 1. The van der Waals surface area contributed by atoms with Gasteiger partial charge in [-0.05, 0) is 43.4 Å². The summed E-state index contributed by atoms with van der Waals surface area (Å²) in [5.74, 6) is 0. The van der Waals surface area contributed by atoms with Crippen LogP contribution < -0.4 is 0 Å². The largest absolute Gasteiger partial charge is 0.298 e. The minimum atomic E-state index is 0.741. The van der Waals surface area contributed by atoms with Gasteiger partial charge in [0.05, 0.1) is 5.69 Å². The second-order valence-electron chi connectivity index (χ2n) is 5.76. The van der Waals surface area contributed by atoms with Gasteiger partial charge in [-0.3, -0.25) is 9.78 Å². The molecule has 0 saturated carbocycles. The Morgan fingerprint density at radius 1 is 0.773 bits per heavy atom. The van der Waals surface area contributed by atoms with Crippen LogP contribution in [-0.4, -0.2) is 11.3 Å². The van der Waals surface area contributed by atoms with Gasteiger partial charge >= 0.3 is 0 Å². The number of aromatic nitrogens is 1. The summed E-state index contributed by atoms with van der Waals surface area (Å²) in [6.07, 6.45) is 12.3. The summed E-state index contributed by atoms with van der Waals surface area (Å²) in [5.41, 5.74) is 3.13. The molecule has 22 heavy (non-hydrogen) atoms. The van der Waals surface area contributed by atoms with E-state index in [-0.39, 0.29) is 0 Å².